The maximum atomic E-state index is 12.4. The molecule has 2 aromatic carbocycles. The molecule has 0 aromatic heterocycles. The van der Waals surface area contributed by atoms with Crippen LogP contribution in [-0.2, 0) is 16.4 Å². The average molecular weight is 390 g/mol. The van der Waals surface area contributed by atoms with Crippen LogP contribution in [0.2, 0.25) is 0 Å². The van der Waals surface area contributed by atoms with E-state index < -0.39 is 10.0 Å². The SMILES string of the molecule is CCNS(=O)(=O)c1ccc(C(=O)NCC(Cc2ccccc2)N(C)C)cc1. The maximum Gasteiger partial charge on any atom is 0.251 e. The summed E-state index contributed by atoms with van der Waals surface area (Å²) in [7, 11) is 0.460. The molecule has 0 aliphatic rings. The van der Waals surface area contributed by atoms with Crippen LogP contribution in [0.3, 0.4) is 0 Å². The summed E-state index contributed by atoms with van der Waals surface area (Å²) < 4.78 is 26.3. The van der Waals surface area contributed by atoms with Crippen molar-refractivity contribution in [1.29, 1.82) is 0 Å². The van der Waals surface area contributed by atoms with Crippen LogP contribution in [0.15, 0.2) is 59.5 Å². The second-order valence-electron chi connectivity index (χ2n) is 6.54. The van der Waals surface area contributed by atoms with Gasteiger partial charge in [0.2, 0.25) is 10.0 Å². The third kappa shape index (κ3) is 6.16. The number of rotatable bonds is 9. The third-order valence-corrected chi connectivity index (χ3v) is 5.87. The molecule has 0 heterocycles. The van der Waals surface area contributed by atoms with Crippen LogP contribution in [0, 0.1) is 0 Å². The van der Waals surface area contributed by atoms with Gasteiger partial charge in [0.1, 0.15) is 0 Å². The normalized spacial score (nSPS) is 12.7. The minimum absolute atomic E-state index is 0.149. The van der Waals surface area contributed by atoms with Gasteiger partial charge in [-0.05, 0) is 50.3 Å². The number of carbonyl (C=O) groups excluding carboxylic acids is 1. The molecule has 1 atom stereocenters. The second kappa shape index (κ2) is 9.64. The van der Waals surface area contributed by atoms with E-state index in [2.05, 4.69) is 27.1 Å². The molecule has 0 fully saturated rings. The Kier molecular flexibility index (Phi) is 7.53. The van der Waals surface area contributed by atoms with E-state index in [0.29, 0.717) is 18.7 Å². The van der Waals surface area contributed by atoms with Crippen LogP contribution in [0.25, 0.3) is 0 Å². The Bertz CT molecular complexity index is 835. The van der Waals surface area contributed by atoms with Crippen molar-refractivity contribution in [1.82, 2.24) is 14.9 Å². The quantitative estimate of drug-likeness (QED) is 0.686. The summed E-state index contributed by atoms with van der Waals surface area (Å²) >= 11 is 0. The van der Waals surface area contributed by atoms with E-state index in [0.717, 1.165) is 6.42 Å². The van der Waals surface area contributed by atoms with Gasteiger partial charge in [-0.3, -0.25) is 4.79 Å². The first kappa shape index (κ1) is 21.1. The number of hydrogen-bond acceptors (Lipinski definition) is 4. The molecule has 0 spiro atoms. The summed E-state index contributed by atoms with van der Waals surface area (Å²) in [5, 5.41) is 2.94. The lowest BCUT2D eigenvalue weighted by Crippen LogP contribution is -2.41. The summed E-state index contributed by atoms with van der Waals surface area (Å²) in [6.45, 7) is 2.53. The van der Waals surface area contributed by atoms with E-state index in [1.807, 2.05) is 32.3 Å². The van der Waals surface area contributed by atoms with Crippen molar-refractivity contribution >= 4 is 15.9 Å². The van der Waals surface area contributed by atoms with Crippen molar-refractivity contribution in [2.24, 2.45) is 0 Å². The van der Waals surface area contributed by atoms with Gasteiger partial charge in [0.15, 0.2) is 0 Å². The van der Waals surface area contributed by atoms with E-state index in [4.69, 9.17) is 0 Å². The lowest BCUT2D eigenvalue weighted by molar-refractivity contribution is 0.0941. The van der Waals surface area contributed by atoms with Gasteiger partial charge in [-0.1, -0.05) is 37.3 Å². The first-order valence-corrected chi connectivity index (χ1v) is 10.4. The Balaban J connectivity index is 1.99. The number of likely N-dealkylation sites (N-methyl/N-ethyl adjacent to an activating group) is 1. The van der Waals surface area contributed by atoms with Crippen molar-refractivity contribution in [3.05, 3.63) is 65.7 Å². The fraction of sp³-hybridized carbons (Fsp3) is 0.350. The molecule has 1 amide bonds. The zero-order valence-electron chi connectivity index (χ0n) is 16.0. The zero-order chi connectivity index (χ0) is 19.9. The maximum absolute atomic E-state index is 12.4. The molecule has 0 aliphatic carbocycles. The molecule has 0 bridgehead atoms. The molecule has 7 heteroatoms. The second-order valence-corrected chi connectivity index (χ2v) is 8.31. The largest absolute Gasteiger partial charge is 0.350 e. The highest BCUT2D eigenvalue weighted by molar-refractivity contribution is 7.89. The van der Waals surface area contributed by atoms with Crippen molar-refractivity contribution in [3.63, 3.8) is 0 Å². The number of nitrogens with one attached hydrogen (secondary N) is 2. The van der Waals surface area contributed by atoms with Gasteiger partial charge in [0, 0.05) is 24.7 Å². The molecule has 146 valence electrons. The number of sulfonamides is 1. The number of nitrogens with zero attached hydrogens (tertiary/aromatic N) is 1. The van der Waals surface area contributed by atoms with E-state index in [9.17, 15) is 13.2 Å². The van der Waals surface area contributed by atoms with Gasteiger partial charge < -0.3 is 10.2 Å². The third-order valence-electron chi connectivity index (χ3n) is 4.30. The monoisotopic (exact) mass is 389 g/mol. The fourth-order valence-corrected chi connectivity index (χ4v) is 3.74. The number of hydrogen-bond donors (Lipinski definition) is 2. The van der Waals surface area contributed by atoms with E-state index in [1.165, 1.54) is 29.8 Å². The number of amides is 1. The fourth-order valence-electron chi connectivity index (χ4n) is 2.69. The Hall–Kier alpha value is -2.22. The molecular weight excluding hydrogens is 362 g/mol. The van der Waals surface area contributed by atoms with Crippen LogP contribution in [0.4, 0.5) is 0 Å². The van der Waals surface area contributed by atoms with Crippen LogP contribution >= 0.6 is 0 Å². The highest BCUT2D eigenvalue weighted by Crippen LogP contribution is 2.11. The van der Waals surface area contributed by atoms with Crippen LogP contribution in [0.1, 0.15) is 22.8 Å². The molecule has 2 rings (SSSR count). The predicted molar refractivity (Wildman–Crippen MR) is 107 cm³/mol. The molecule has 1 unspecified atom stereocenters. The van der Waals surface area contributed by atoms with Gasteiger partial charge >= 0.3 is 0 Å². The standard InChI is InChI=1S/C20H27N3O3S/c1-4-22-27(25,26)19-12-10-17(11-13-19)20(24)21-15-18(23(2)3)14-16-8-6-5-7-9-16/h5-13,18,22H,4,14-15H2,1-3H3,(H,21,24). The van der Waals surface area contributed by atoms with Crippen LogP contribution in [0.5, 0.6) is 0 Å². The van der Waals surface area contributed by atoms with Gasteiger partial charge in [-0.2, -0.15) is 0 Å². The summed E-state index contributed by atoms with van der Waals surface area (Å²) in [5.74, 6) is -0.220. The summed E-state index contributed by atoms with van der Waals surface area (Å²) in [5.41, 5.74) is 1.64. The first-order valence-electron chi connectivity index (χ1n) is 8.91. The van der Waals surface area contributed by atoms with Crippen molar-refractivity contribution in [3.8, 4) is 0 Å². The minimum atomic E-state index is -3.51. The van der Waals surface area contributed by atoms with Gasteiger partial charge in [0.25, 0.3) is 5.91 Å². The van der Waals surface area contributed by atoms with E-state index in [1.54, 1.807) is 6.92 Å². The lowest BCUT2D eigenvalue weighted by atomic mass is 10.1. The molecule has 0 saturated carbocycles. The van der Waals surface area contributed by atoms with Crippen molar-refractivity contribution < 1.29 is 13.2 Å². The Morgan fingerprint density at radius 1 is 1.04 bits per heavy atom. The van der Waals surface area contributed by atoms with Crippen molar-refractivity contribution in [2.75, 3.05) is 27.2 Å². The Morgan fingerprint density at radius 3 is 2.22 bits per heavy atom. The molecule has 0 saturated heterocycles. The molecule has 0 aliphatic heterocycles. The molecule has 0 radical (unpaired) electrons. The lowest BCUT2D eigenvalue weighted by Gasteiger charge is -2.24. The molecule has 2 aromatic rings. The summed E-state index contributed by atoms with van der Waals surface area (Å²) in [6.07, 6.45) is 0.827. The van der Waals surface area contributed by atoms with Crippen LogP contribution in [-0.4, -0.2) is 52.5 Å². The first-order chi connectivity index (χ1) is 12.8. The molecule has 2 N–H and O–H groups in total. The number of carbonyl (C=O) groups is 1. The highest BCUT2D eigenvalue weighted by atomic mass is 32.2. The van der Waals surface area contributed by atoms with Gasteiger partial charge in [-0.25, -0.2) is 13.1 Å². The topological polar surface area (TPSA) is 78.5 Å². The van der Waals surface area contributed by atoms with Gasteiger partial charge in [-0.15, -0.1) is 0 Å². The van der Waals surface area contributed by atoms with Gasteiger partial charge in [0.05, 0.1) is 4.90 Å². The highest BCUT2D eigenvalue weighted by Gasteiger charge is 2.16. The molecule has 6 nitrogen and oxygen atoms in total. The number of benzene rings is 2. The minimum Gasteiger partial charge on any atom is -0.350 e. The predicted octanol–water partition coefficient (Wildman–Crippen LogP) is 1.89. The summed E-state index contributed by atoms with van der Waals surface area (Å²) in [4.78, 5) is 14.6. The zero-order valence-corrected chi connectivity index (χ0v) is 16.8. The van der Waals surface area contributed by atoms with E-state index in [-0.39, 0.29) is 16.8 Å². The Morgan fingerprint density at radius 2 is 1.67 bits per heavy atom. The van der Waals surface area contributed by atoms with Crippen molar-refractivity contribution in [2.45, 2.75) is 24.3 Å². The average Bonchev–Trinajstić information content (AvgIpc) is 2.65. The Labute approximate surface area is 161 Å². The van der Waals surface area contributed by atoms with E-state index >= 15 is 0 Å². The summed E-state index contributed by atoms with van der Waals surface area (Å²) in [6, 6.07) is 16.2. The molecular formula is C20H27N3O3S. The molecule has 27 heavy (non-hydrogen) atoms. The smallest absolute Gasteiger partial charge is 0.251 e. The van der Waals surface area contributed by atoms with Crippen LogP contribution < -0.4 is 10.0 Å².